The summed E-state index contributed by atoms with van der Waals surface area (Å²) < 4.78 is 0.769. The summed E-state index contributed by atoms with van der Waals surface area (Å²) >= 11 is 3.27. The van der Waals surface area contributed by atoms with Crippen molar-refractivity contribution in [2.24, 2.45) is 22.6 Å². The van der Waals surface area contributed by atoms with Crippen LogP contribution in [0.4, 0.5) is 0 Å². The van der Waals surface area contributed by atoms with Crippen molar-refractivity contribution >= 4 is 21.8 Å². The molecule has 1 saturated carbocycles. The van der Waals surface area contributed by atoms with Crippen LogP contribution in [0.2, 0.25) is 0 Å². The number of benzene rings is 1. The highest BCUT2D eigenvalue weighted by Gasteiger charge is 2.93. The van der Waals surface area contributed by atoms with Gasteiger partial charge < -0.3 is 5.11 Å². The second kappa shape index (κ2) is 4.06. The largest absolute Gasteiger partial charge is 0.365 e. The number of fused-ring (bicyclic) bond motifs is 1. The third-order valence-corrected chi connectivity index (χ3v) is 5.12. The van der Waals surface area contributed by atoms with Crippen molar-refractivity contribution < 1.29 is 5.11 Å². The molecule has 0 radical (unpaired) electrons. The zero-order valence-corrected chi connectivity index (χ0v) is 12.7. The first kappa shape index (κ1) is 14.5. The van der Waals surface area contributed by atoms with Gasteiger partial charge in [0.25, 0.3) is 0 Å². The van der Waals surface area contributed by atoms with Crippen LogP contribution in [-0.2, 0) is 5.72 Å². The summed E-state index contributed by atoms with van der Waals surface area (Å²) in [6, 6.07) is 12.0. The minimum atomic E-state index is -1.96. The number of hydrazine groups is 1. The zero-order valence-electron chi connectivity index (χ0n) is 11.1. The molecule has 1 aliphatic carbocycles. The summed E-state index contributed by atoms with van der Waals surface area (Å²) in [6.07, 6.45) is 0. The average molecular weight is 357 g/mol. The van der Waals surface area contributed by atoms with E-state index in [1.54, 1.807) is 24.3 Å². The predicted octanol–water partition coefficient (Wildman–Crippen LogP) is 0.934. The molecule has 0 bridgehead atoms. The lowest BCUT2D eigenvalue weighted by Gasteiger charge is -2.35. The molecule has 1 aliphatic heterocycles. The molecule has 3 atom stereocenters. The van der Waals surface area contributed by atoms with Crippen LogP contribution < -0.4 is 5.84 Å². The number of amidine groups is 1. The summed E-state index contributed by atoms with van der Waals surface area (Å²) in [6.45, 7) is 0. The van der Waals surface area contributed by atoms with Gasteiger partial charge in [-0.25, -0.2) is 5.84 Å². The lowest BCUT2D eigenvalue weighted by molar-refractivity contribution is -0.0929. The lowest BCUT2D eigenvalue weighted by atomic mass is 9.91. The second-order valence-electron chi connectivity index (χ2n) is 5.34. The first-order valence-corrected chi connectivity index (χ1v) is 7.02. The molecule has 1 aromatic rings. The Balaban J connectivity index is 2.25. The van der Waals surface area contributed by atoms with Crippen LogP contribution in [0.3, 0.4) is 0 Å². The van der Waals surface area contributed by atoms with Crippen molar-refractivity contribution in [1.29, 1.82) is 21.2 Å². The topological polar surface area (TPSA) is 145 Å². The van der Waals surface area contributed by atoms with Gasteiger partial charge in [-0.2, -0.15) is 15.8 Å². The highest BCUT2D eigenvalue weighted by Crippen LogP contribution is 2.78. The van der Waals surface area contributed by atoms with E-state index in [2.05, 4.69) is 15.9 Å². The molecule has 1 aromatic carbocycles. The molecule has 0 amide bonds. The molecule has 0 aromatic heterocycles. The van der Waals surface area contributed by atoms with E-state index in [0.717, 1.165) is 9.48 Å². The number of rotatable bonds is 1. The average Bonchev–Trinajstić information content (AvgIpc) is 3.12. The van der Waals surface area contributed by atoms with Crippen LogP contribution in [0.1, 0.15) is 5.56 Å². The van der Waals surface area contributed by atoms with Crippen LogP contribution in [-0.4, -0.2) is 16.0 Å². The monoisotopic (exact) mass is 356 g/mol. The summed E-state index contributed by atoms with van der Waals surface area (Å²) in [5.41, 5.74) is -5.14. The fourth-order valence-corrected chi connectivity index (χ4v) is 3.70. The van der Waals surface area contributed by atoms with E-state index in [1.165, 1.54) is 0 Å². The standard InChI is InChI=1S/C14H9BrN6O/c15-9-3-1-8(2-4-9)14(22)10-12(5-16,6-17)13(10,7-18)11(19)21(14)20/h1-4,10,19,22H,20H2/t10-,13+,14-/m1/s1. The van der Waals surface area contributed by atoms with Crippen LogP contribution >= 0.6 is 15.9 Å². The van der Waals surface area contributed by atoms with Gasteiger partial charge in [0.05, 0.1) is 24.1 Å². The molecule has 0 unspecified atom stereocenters. The first-order valence-electron chi connectivity index (χ1n) is 6.23. The summed E-state index contributed by atoms with van der Waals surface area (Å²) in [7, 11) is 0. The Labute approximate surface area is 134 Å². The Morgan fingerprint density at radius 3 is 2.18 bits per heavy atom. The van der Waals surface area contributed by atoms with Crippen LogP contribution in [0.15, 0.2) is 28.7 Å². The molecule has 8 heteroatoms. The smallest absolute Gasteiger partial charge is 0.186 e. The molecule has 2 fully saturated rings. The third-order valence-electron chi connectivity index (χ3n) is 4.59. The number of nitrogens with one attached hydrogen (secondary N) is 1. The number of piperidine rings is 1. The summed E-state index contributed by atoms with van der Waals surface area (Å²) in [5, 5.41) is 48.2. The van der Waals surface area contributed by atoms with E-state index < -0.39 is 28.3 Å². The molecule has 0 spiro atoms. The third kappa shape index (κ3) is 1.19. The Morgan fingerprint density at radius 1 is 1.18 bits per heavy atom. The molecule has 3 rings (SSSR count). The molecule has 4 N–H and O–H groups in total. The van der Waals surface area contributed by atoms with Crippen molar-refractivity contribution in [2.45, 2.75) is 5.72 Å². The number of hydrogen-bond donors (Lipinski definition) is 3. The maximum atomic E-state index is 11.1. The number of aliphatic hydroxyl groups is 1. The Kier molecular flexibility index (Phi) is 2.67. The SMILES string of the molecule is N#CC1(C#N)[C@H]2[C@](O)(c3ccc(Br)cc3)N(N)C(=N)[C@]21C#N. The Morgan fingerprint density at radius 2 is 1.73 bits per heavy atom. The quantitative estimate of drug-likeness (QED) is 0.638. The van der Waals surface area contributed by atoms with Gasteiger partial charge in [0.15, 0.2) is 16.6 Å². The predicted molar refractivity (Wildman–Crippen MR) is 77.0 cm³/mol. The fourth-order valence-electron chi connectivity index (χ4n) is 3.44. The highest BCUT2D eigenvalue weighted by molar-refractivity contribution is 9.10. The van der Waals surface area contributed by atoms with E-state index in [-0.39, 0.29) is 0 Å². The second-order valence-corrected chi connectivity index (χ2v) is 6.25. The minimum Gasteiger partial charge on any atom is -0.365 e. The van der Waals surface area contributed by atoms with Crippen molar-refractivity contribution in [2.75, 3.05) is 0 Å². The molecular weight excluding hydrogens is 348 g/mol. The number of hydrogen-bond acceptors (Lipinski definition) is 6. The van der Waals surface area contributed by atoms with Crippen molar-refractivity contribution in [1.82, 2.24) is 5.01 Å². The van der Waals surface area contributed by atoms with Gasteiger partial charge in [-0.05, 0) is 12.1 Å². The maximum absolute atomic E-state index is 11.1. The lowest BCUT2D eigenvalue weighted by Crippen LogP contribution is -2.53. The number of nitrogens with two attached hydrogens (primary N) is 1. The van der Waals surface area contributed by atoms with Crippen LogP contribution in [0, 0.1) is 56.2 Å². The van der Waals surface area contributed by atoms with Crippen LogP contribution in [0.25, 0.3) is 0 Å². The molecule has 1 saturated heterocycles. The molecular formula is C14H9BrN6O. The van der Waals surface area contributed by atoms with Gasteiger partial charge in [0.1, 0.15) is 5.84 Å². The van der Waals surface area contributed by atoms with E-state index >= 15 is 0 Å². The van der Waals surface area contributed by atoms with E-state index in [0.29, 0.717) is 5.56 Å². The van der Waals surface area contributed by atoms with E-state index in [1.807, 2.05) is 18.2 Å². The minimum absolute atomic E-state index is 0.317. The van der Waals surface area contributed by atoms with Crippen molar-refractivity contribution in [3.05, 3.63) is 34.3 Å². The van der Waals surface area contributed by atoms with E-state index in [9.17, 15) is 20.9 Å². The number of halogens is 1. The number of nitriles is 3. The maximum Gasteiger partial charge on any atom is 0.186 e. The first-order chi connectivity index (χ1) is 10.4. The molecule has 7 nitrogen and oxygen atoms in total. The van der Waals surface area contributed by atoms with Crippen molar-refractivity contribution in [3.8, 4) is 18.2 Å². The molecule has 2 aliphatic rings. The van der Waals surface area contributed by atoms with Gasteiger partial charge in [-0.1, -0.05) is 28.1 Å². The van der Waals surface area contributed by atoms with E-state index in [4.69, 9.17) is 11.3 Å². The van der Waals surface area contributed by atoms with Gasteiger partial charge >= 0.3 is 0 Å². The van der Waals surface area contributed by atoms with Gasteiger partial charge in [0, 0.05) is 10.0 Å². The Bertz CT molecular complexity index is 802. The van der Waals surface area contributed by atoms with Crippen molar-refractivity contribution in [3.63, 3.8) is 0 Å². The summed E-state index contributed by atoms with van der Waals surface area (Å²) in [5.74, 6) is 4.29. The highest BCUT2D eigenvalue weighted by atomic mass is 79.9. The van der Waals surface area contributed by atoms with Gasteiger partial charge in [0.2, 0.25) is 0 Å². The molecule has 22 heavy (non-hydrogen) atoms. The normalized spacial score (nSPS) is 34.3. The summed E-state index contributed by atoms with van der Waals surface area (Å²) in [4.78, 5) is 0. The number of nitrogens with zero attached hydrogens (tertiary/aromatic N) is 4. The van der Waals surface area contributed by atoms with Crippen LogP contribution in [0.5, 0.6) is 0 Å². The zero-order chi connectivity index (χ0) is 16.3. The fraction of sp³-hybridized carbons (Fsp3) is 0.286. The molecule has 108 valence electrons. The van der Waals surface area contributed by atoms with Gasteiger partial charge in [-0.15, -0.1) is 0 Å². The Hall–Kier alpha value is -2.44. The molecule has 1 heterocycles. The van der Waals surface area contributed by atoms with Gasteiger partial charge in [-0.3, -0.25) is 10.4 Å².